The lowest BCUT2D eigenvalue weighted by Crippen LogP contribution is -2.42. The summed E-state index contributed by atoms with van der Waals surface area (Å²) in [4.78, 5) is 4.08. The van der Waals surface area contributed by atoms with Gasteiger partial charge in [-0.25, -0.2) is 4.39 Å². The van der Waals surface area contributed by atoms with Gasteiger partial charge in [0.05, 0.1) is 13.2 Å². The number of halogens is 1. The summed E-state index contributed by atoms with van der Waals surface area (Å²) in [6, 6.07) is 5.97. The van der Waals surface area contributed by atoms with Crippen LogP contribution in [0.15, 0.2) is 29.3 Å². The van der Waals surface area contributed by atoms with Crippen molar-refractivity contribution in [2.75, 3.05) is 33.9 Å². The van der Waals surface area contributed by atoms with Gasteiger partial charge in [-0.05, 0) is 31.2 Å². The molecule has 112 valence electrons. The summed E-state index contributed by atoms with van der Waals surface area (Å²) in [5, 5.41) is 6.25. The number of nitrogens with zero attached hydrogens (tertiary/aromatic N) is 1. The molecule has 0 saturated carbocycles. The molecule has 0 amide bonds. The molecule has 0 aliphatic rings. The Balaban J connectivity index is 2.31. The first-order valence-corrected chi connectivity index (χ1v) is 6.51. The summed E-state index contributed by atoms with van der Waals surface area (Å²) in [5.74, 6) is 1.06. The zero-order valence-corrected chi connectivity index (χ0v) is 12.1. The van der Waals surface area contributed by atoms with E-state index in [9.17, 15) is 4.39 Å². The first kappa shape index (κ1) is 16.2. The third-order valence-corrected chi connectivity index (χ3v) is 2.53. The van der Waals surface area contributed by atoms with Crippen LogP contribution in [0.4, 0.5) is 4.39 Å². The first-order chi connectivity index (χ1) is 9.65. The van der Waals surface area contributed by atoms with Crippen molar-refractivity contribution in [2.24, 2.45) is 4.99 Å². The Morgan fingerprint density at radius 1 is 1.30 bits per heavy atom. The van der Waals surface area contributed by atoms with Gasteiger partial charge in [-0.15, -0.1) is 0 Å². The zero-order valence-electron chi connectivity index (χ0n) is 12.1. The van der Waals surface area contributed by atoms with Crippen LogP contribution in [0.1, 0.15) is 6.92 Å². The topological polar surface area (TPSA) is 54.9 Å². The standard InChI is InChI=1S/C14H22FN3O2/c1-11(20-13-6-4-12(15)5-7-13)10-18-14(16-2)17-8-9-19-3/h4-7,11H,8-10H2,1-3H3,(H2,16,17,18). The normalized spacial score (nSPS) is 12.9. The molecule has 20 heavy (non-hydrogen) atoms. The lowest BCUT2D eigenvalue weighted by atomic mass is 10.3. The van der Waals surface area contributed by atoms with Crippen molar-refractivity contribution in [2.45, 2.75) is 13.0 Å². The van der Waals surface area contributed by atoms with Crippen LogP contribution < -0.4 is 15.4 Å². The van der Waals surface area contributed by atoms with Crippen molar-refractivity contribution in [1.29, 1.82) is 0 Å². The highest BCUT2D eigenvalue weighted by Crippen LogP contribution is 2.12. The Kier molecular flexibility index (Phi) is 7.42. The summed E-state index contributed by atoms with van der Waals surface area (Å²) in [7, 11) is 3.35. The smallest absolute Gasteiger partial charge is 0.191 e. The van der Waals surface area contributed by atoms with Gasteiger partial charge in [-0.1, -0.05) is 0 Å². The predicted molar refractivity (Wildman–Crippen MR) is 77.7 cm³/mol. The van der Waals surface area contributed by atoms with Gasteiger partial charge in [0.2, 0.25) is 0 Å². The van der Waals surface area contributed by atoms with E-state index >= 15 is 0 Å². The van der Waals surface area contributed by atoms with Crippen LogP contribution in [-0.2, 0) is 4.74 Å². The lowest BCUT2D eigenvalue weighted by molar-refractivity contribution is 0.203. The molecule has 0 aliphatic carbocycles. The number of aliphatic imine (C=N–C) groups is 1. The summed E-state index contributed by atoms with van der Waals surface area (Å²) in [5.41, 5.74) is 0. The van der Waals surface area contributed by atoms with E-state index in [2.05, 4.69) is 15.6 Å². The minimum atomic E-state index is -0.272. The first-order valence-electron chi connectivity index (χ1n) is 6.51. The number of hydrogen-bond acceptors (Lipinski definition) is 3. The highest BCUT2D eigenvalue weighted by molar-refractivity contribution is 5.79. The molecule has 1 aromatic carbocycles. The van der Waals surface area contributed by atoms with Gasteiger partial charge in [-0.3, -0.25) is 4.99 Å². The molecule has 0 aromatic heterocycles. The molecule has 1 rings (SSSR count). The van der Waals surface area contributed by atoms with Crippen molar-refractivity contribution in [3.05, 3.63) is 30.1 Å². The SMILES string of the molecule is CN=C(NCCOC)NCC(C)Oc1ccc(F)cc1. The highest BCUT2D eigenvalue weighted by Gasteiger charge is 2.05. The molecule has 0 saturated heterocycles. The third-order valence-electron chi connectivity index (χ3n) is 2.53. The van der Waals surface area contributed by atoms with Crippen LogP contribution in [0.5, 0.6) is 5.75 Å². The van der Waals surface area contributed by atoms with Gasteiger partial charge in [0, 0.05) is 20.7 Å². The van der Waals surface area contributed by atoms with Crippen molar-refractivity contribution < 1.29 is 13.9 Å². The second-order valence-electron chi connectivity index (χ2n) is 4.26. The number of guanidine groups is 1. The Morgan fingerprint density at radius 2 is 2.00 bits per heavy atom. The molecule has 0 radical (unpaired) electrons. The van der Waals surface area contributed by atoms with Crippen LogP contribution in [0.3, 0.4) is 0 Å². The van der Waals surface area contributed by atoms with E-state index in [1.54, 1.807) is 26.3 Å². The Hall–Kier alpha value is -1.82. The monoisotopic (exact) mass is 283 g/mol. The molecule has 6 heteroatoms. The third kappa shape index (κ3) is 6.38. The molecule has 1 aromatic rings. The van der Waals surface area contributed by atoms with Crippen LogP contribution >= 0.6 is 0 Å². The summed E-state index contributed by atoms with van der Waals surface area (Å²) in [6.45, 7) is 3.81. The van der Waals surface area contributed by atoms with E-state index in [1.165, 1.54) is 12.1 Å². The summed E-state index contributed by atoms with van der Waals surface area (Å²) in [6.07, 6.45) is -0.0681. The van der Waals surface area contributed by atoms with Gasteiger partial charge in [0.25, 0.3) is 0 Å². The maximum absolute atomic E-state index is 12.8. The van der Waals surface area contributed by atoms with Crippen molar-refractivity contribution in [1.82, 2.24) is 10.6 Å². The average molecular weight is 283 g/mol. The molecule has 1 unspecified atom stereocenters. The number of ether oxygens (including phenoxy) is 2. The van der Waals surface area contributed by atoms with E-state index in [1.807, 2.05) is 6.92 Å². The largest absolute Gasteiger partial charge is 0.489 e. The molecule has 2 N–H and O–H groups in total. The number of methoxy groups -OCH3 is 1. The van der Waals surface area contributed by atoms with Gasteiger partial charge in [0.1, 0.15) is 17.7 Å². The molecule has 5 nitrogen and oxygen atoms in total. The van der Waals surface area contributed by atoms with Crippen LogP contribution in [0.2, 0.25) is 0 Å². The van der Waals surface area contributed by atoms with Gasteiger partial charge in [-0.2, -0.15) is 0 Å². The summed E-state index contributed by atoms with van der Waals surface area (Å²) >= 11 is 0. The van der Waals surface area contributed by atoms with Crippen molar-refractivity contribution in [3.8, 4) is 5.75 Å². The number of hydrogen-bond donors (Lipinski definition) is 2. The highest BCUT2D eigenvalue weighted by atomic mass is 19.1. The van der Waals surface area contributed by atoms with E-state index in [0.717, 1.165) is 0 Å². The minimum Gasteiger partial charge on any atom is -0.489 e. The Labute approximate surface area is 119 Å². The fourth-order valence-electron chi connectivity index (χ4n) is 1.52. The second kappa shape index (κ2) is 9.14. The Morgan fingerprint density at radius 3 is 2.60 bits per heavy atom. The van der Waals surface area contributed by atoms with E-state index in [-0.39, 0.29) is 11.9 Å². The predicted octanol–water partition coefficient (Wildman–Crippen LogP) is 1.40. The van der Waals surface area contributed by atoms with Gasteiger partial charge >= 0.3 is 0 Å². The van der Waals surface area contributed by atoms with E-state index in [4.69, 9.17) is 9.47 Å². The van der Waals surface area contributed by atoms with Crippen LogP contribution in [-0.4, -0.2) is 45.9 Å². The zero-order chi connectivity index (χ0) is 14.8. The quantitative estimate of drug-likeness (QED) is 0.451. The van der Waals surface area contributed by atoms with E-state index < -0.39 is 0 Å². The molecular formula is C14H22FN3O2. The minimum absolute atomic E-state index is 0.0681. The van der Waals surface area contributed by atoms with Crippen LogP contribution in [0.25, 0.3) is 0 Å². The Bertz CT molecular complexity index is 409. The molecule has 0 aliphatic heterocycles. The molecule has 0 heterocycles. The maximum Gasteiger partial charge on any atom is 0.191 e. The van der Waals surface area contributed by atoms with Crippen LogP contribution in [0, 0.1) is 5.82 Å². The molecule has 0 bridgehead atoms. The van der Waals surface area contributed by atoms with Crippen molar-refractivity contribution in [3.63, 3.8) is 0 Å². The molecule has 0 spiro atoms. The number of rotatable bonds is 7. The fourth-order valence-corrected chi connectivity index (χ4v) is 1.52. The number of nitrogens with one attached hydrogen (secondary N) is 2. The molecule has 1 atom stereocenters. The van der Waals surface area contributed by atoms with Gasteiger partial charge in [0.15, 0.2) is 5.96 Å². The maximum atomic E-state index is 12.8. The molecular weight excluding hydrogens is 261 g/mol. The van der Waals surface area contributed by atoms with Gasteiger partial charge < -0.3 is 20.1 Å². The fraction of sp³-hybridized carbons (Fsp3) is 0.500. The average Bonchev–Trinajstić information content (AvgIpc) is 2.45. The second-order valence-corrected chi connectivity index (χ2v) is 4.26. The summed E-state index contributed by atoms with van der Waals surface area (Å²) < 4.78 is 23.4. The lowest BCUT2D eigenvalue weighted by Gasteiger charge is -2.17. The van der Waals surface area contributed by atoms with Crippen molar-refractivity contribution >= 4 is 5.96 Å². The number of benzene rings is 1. The molecule has 0 fully saturated rings. The van der Waals surface area contributed by atoms with E-state index in [0.29, 0.717) is 31.4 Å².